The summed E-state index contributed by atoms with van der Waals surface area (Å²) in [4.78, 5) is 0. The molecule has 3 aliphatic rings. The molecule has 0 bridgehead atoms. The second-order valence-corrected chi connectivity index (χ2v) is 21.7. The SMILES string of the molecule is CC(C)C1CC(C(C)(C)C)CCC1OP(OC1CCC(C(C)(C)C)CC1C(C)C)OC1CCC(C(C)(C)C)CC1C(C)(C)C. The molecule has 9 unspecified atom stereocenters. The van der Waals surface area contributed by atoms with E-state index < -0.39 is 8.60 Å². The maximum Gasteiger partial charge on any atom is 0.333 e. The van der Waals surface area contributed by atoms with Crippen LogP contribution in [0, 0.1) is 69.0 Å². The van der Waals surface area contributed by atoms with Crippen LogP contribution in [0.25, 0.3) is 0 Å². The lowest BCUT2D eigenvalue weighted by Gasteiger charge is -2.48. The standard InChI is InChI=1S/C40H77O3P/c1-26(2)31-23-28(37(5,6)7)17-20-34(31)41-44(42-35-21-18-29(38(8,9)10)24-32(35)27(3)4)43-36-22-19-30(39(11,12)13)25-33(36)40(14,15)16/h26-36H,17-25H2,1-16H3. The van der Waals surface area contributed by atoms with Crippen molar-refractivity contribution < 1.29 is 13.6 Å². The first kappa shape index (κ1) is 38.8. The van der Waals surface area contributed by atoms with Crippen molar-refractivity contribution in [2.45, 2.75) is 187 Å². The predicted molar refractivity (Wildman–Crippen MR) is 192 cm³/mol. The van der Waals surface area contributed by atoms with Crippen molar-refractivity contribution in [2.24, 2.45) is 69.0 Å². The van der Waals surface area contributed by atoms with E-state index in [4.69, 9.17) is 13.6 Å². The summed E-state index contributed by atoms with van der Waals surface area (Å²) in [6, 6.07) is 0. The molecule has 3 saturated carbocycles. The van der Waals surface area contributed by atoms with Crippen LogP contribution in [0.3, 0.4) is 0 Å². The van der Waals surface area contributed by atoms with Gasteiger partial charge < -0.3 is 13.6 Å². The fraction of sp³-hybridized carbons (Fsp3) is 1.00. The average Bonchev–Trinajstić information content (AvgIpc) is 2.86. The average molecular weight is 637 g/mol. The number of hydrogen-bond acceptors (Lipinski definition) is 3. The first-order valence-electron chi connectivity index (χ1n) is 18.8. The minimum Gasteiger partial charge on any atom is -0.309 e. The molecule has 3 nitrogen and oxygen atoms in total. The molecule has 0 aliphatic heterocycles. The van der Waals surface area contributed by atoms with E-state index in [1.807, 2.05) is 0 Å². The zero-order valence-corrected chi connectivity index (χ0v) is 33.3. The van der Waals surface area contributed by atoms with Gasteiger partial charge in [0.15, 0.2) is 0 Å². The Balaban J connectivity index is 1.89. The Morgan fingerprint density at radius 1 is 0.432 bits per heavy atom. The molecule has 0 saturated heterocycles. The zero-order chi connectivity index (χ0) is 33.4. The van der Waals surface area contributed by atoms with Gasteiger partial charge in [0.25, 0.3) is 0 Å². The molecule has 0 aromatic heterocycles. The van der Waals surface area contributed by atoms with Crippen LogP contribution in [-0.4, -0.2) is 18.3 Å². The summed E-state index contributed by atoms with van der Waals surface area (Å²) in [7, 11) is -1.43. The molecule has 44 heavy (non-hydrogen) atoms. The molecule has 9 atom stereocenters. The molecule has 3 aliphatic carbocycles. The molecule has 3 fully saturated rings. The molecule has 0 aromatic carbocycles. The Bertz CT molecular complexity index is 823. The quantitative estimate of drug-likeness (QED) is 0.248. The van der Waals surface area contributed by atoms with E-state index in [9.17, 15) is 0 Å². The molecule has 0 radical (unpaired) electrons. The lowest BCUT2D eigenvalue weighted by molar-refractivity contribution is -0.0611. The monoisotopic (exact) mass is 637 g/mol. The van der Waals surface area contributed by atoms with Crippen molar-refractivity contribution in [3.63, 3.8) is 0 Å². The summed E-state index contributed by atoms with van der Waals surface area (Å²) in [6.07, 6.45) is 11.5. The molecule has 260 valence electrons. The topological polar surface area (TPSA) is 27.7 Å². The fourth-order valence-corrected chi connectivity index (χ4v) is 10.6. The summed E-state index contributed by atoms with van der Waals surface area (Å²) >= 11 is 0. The Morgan fingerprint density at radius 2 is 0.750 bits per heavy atom. The summed E-state index contributed by atoms with van der Waals surface area (Å²) in [5.74, 6) is 5.03. The molecular weight excluding hydrogens is 559 g/mol. The van der Waals surface area contributed by atoms with Crippen molar-refractivity contribution in [3.05, 3.63) is 0 Å². The van der Waals surface area contributed by atoms with Gasteiger partial charge >= 0.3 is 8.60 Å². The lowest BCUT2D eigenvalue weighted by atomic mass is 9.62. The smallest absolute Gasteiger partial charge is 0.309 e. The van der Waals surface area contributed by atoms with Crippen LogP contribution in [0.5, 0.6) is 0 Å². The van der Waals surface area contributed by atoms with Gasteiger partial charge in [-0.25, -0.2) is 0 Å². The van der Waals surface area contributed by atoms with E-state index in [1.54, 1.807) is 0 Å². The predicted octanol–water partition coefficient (Wildman–Crippen LogP) is 13.1. The van der Waals surface area contributed by atoms with Crippen molar-refractivity contribution in [1.29, 1.82) is 0 Å². The molecule has 0 N–H and O–H groups in total. The van der Waals surface area contributed by atoms with Gasteiger partial charge in [0, 0.05) is 0 Å². The second-order valence-electron chi connectivity index (χ2n) is 20.6. The Labute approximate surface area is 277 Å². The number of rotatable bonds is 8. The third kappa shape index (κ3) is 10.4. The summed E-state index contributed by atoms with van der Waals surface area (Å²) in [6.45, 7) is 38.7. The van der Waals surface area contributed by atoms with Gasteiger partial charge in [-0.15, -0.1) is 0 Å². The normalized spacial score (nSPS) is 35.7. The Hall–Kier alpha value is 0.310. The van der Waals surface area contributed by atoms with Gasteiger partial charge in [-0.3, -0.25) is 0 Å². The molecule has 3 rings (SSSR count). The summed E-state index contributed by atoms with van der Waals surface area (Å²) < 4.78 is 21.7. The van der Waals surface area contributed by atoms with E-state index in [-0.39, 0.29) is 23.7 Å². The molecule has 0 spiro atoms. The summed E-state index contributed by atoms with van der Waals surface area (Å²) in [5, 5.41) is 0. The Kier molecular flexibility index (Phi) is 13.1. The van der Waals surface area contributed by atoms with Gasteiger partial charge in [-0.1, -0.05) is 111 Å². The van der Waals surface area contributed by atoms with Gasteiger partial charge in [-0.2, -0.15) is 0 Å². The van der Waals surface area contributed by atoms with Gasteiger partial charge in [0.05, 0.1) is 18.3 Å². The van der Waals surface area contributed by atoms with Crippen molar-refractivity contribution in [1.82, 2.24) is 0 Å². The third-order valence-electron chi connectivity index (χ3n) is 12.6. The van der Waals surface area contributed by atoms with E-state index in [1.165, 1.54) is 38.5 Å². The van der Waals surface area contributed by atoms with Crippen LogP contribution < -0.4 is 0 Å². The van der Waals surface area contributed by atoms with E-state index in [0.29, 0.717) is 45.8 Å². The van der Waals surface area contributed by atoms with Crippen LogP contribution in [0.2, 0.25) is 0 Å². The molecule has 0 heterocycles. The highest BCUT2D eigenvalue weighted by Crippen LogP contribution is 2.57. The zero-order valence-electron chi connectivity index (χ0n) is 32.4. The van der Waals surface area contributed by atoms with E-state index in [2.05, 4.69) is 111 Å². The second kappa shape index (κ2) is 14.8. The van der Waals surface area contributed by atoms with Crippen LogP contribution in [-0.2, 0) is 13.6 Å². The van der Waals surface area contributed by atoms with E-state index >= 15 is 0 Å². The van der Waals surface area contributed by atoms with Crippen molar-refractivity contribution in [3.8, 4) is 0 Å². The highest BCUT2D eigenvalue weighted by molar-refractivity contribution is 7.41. The molecule has 4 heteroatoms. The highest BCUT2D eigenvalue weighted by Gasteiger charge is 2.46. The molecule has 0 aromatic rings. The van der Waals surface area contributed by atoms with Crippen LogP contribution in [0.1, 0.15) is 169 Å². The minimum absolute atomic E-state index is 0.187. The Morgan fingerprint density at radius 3 is 1.07 bits per heavy atom. The number of hydrogen-bond donors (Lipinski definition) is 0. The fourth-order valence-electron chi connectivity index (χ4n) is 8.97. The van der Waals surface area contributed by atoms with Gasteiger partial charge in [0.2, 0.25) is 0 Å². The summed E-state index contributed by atoms with van der Waals surface area (Å²) in [5.41, 5.74) is 1.21. The largest absolute Gasteiger partial charge is 0.333 e. The maximum absolute atomic E-state index is 7.26. The van der Waals surface area contributed by atoms with Gasteiger partial charge in [0.1, 0.15) is 0 Å². The van der Waals surface area contributed by atoms with E-state index in [0.717, 1.165) is 37.0 Å². The van der Waals surface area contributed by atoms with Crippen molar-refractivity contribution in [2.75, 3.05) is 0 Å². The third-order valence-corrected chi connectivity index (χ3v) is 13.9. The van der Waals surface area contributed by atoms with Crippen LogP contribution in [0.4, 0.5) is 0 Å². The van der Waals surface area contributed by atoms with Crippen LogP contribution in [0.15, 0.2) is 0 Å². The first-order valence-corrected chi connectivity index (χ1v) is 19.9. The first-order chi connectivity index (χ1) is 20.0. The lowest BCUT2D eigenvalue weighted by Crippen LogP contribution is -2.43. The molecular formula is C40H77O3P. The minimum atomic E-state index is -1.43. The molecule has 0 amide bonds. The van der Waals surface area contributed by atoms with Crippen molar-refractivity contribution >= 4 is 8.60 Å². The highest BCUT2D eigenvalue weighted by atomic mass is 31.2. The maximum atomic E-state index is 7.26. The van der Waals surface area contributed by atoms with Crippen LogP contribution >= 0.6 is 8.60 Å². The van der Waals surface area contributed by atoms with Gasteiger partial charge in [-0.05, 0) is 127 Å².